The molecule has 0 bridgehead atoms. The zero-order chi connectivity index (χ0) is 14.1. The smallest absolute Gasteiger partial charge is 0.340 e. The van der Waals surface area contributed by atoms with Gasteiger partial charge in [0.1, 0.15) is 11.3 Å². The molecular formula is C16H14O4. The molecule has 102 valence electrons. The quantitative estimate of drug-likeness (QED) is 0.787. The molecule has 0 saturated heterocycles. The molecule has 0 amide bonds. The molecule has 20 heavy (non-hydrogen) atoms. The summed E-state index contributed by atoms with van der Waals surface area (Å²) in [5, 5.41) is 2.12. The number of carbonyl (C=O) groups is 1. The minimum Gasteiger partial charge on any atom is -0.465 e. The van der Waals surface area contributed by atoms with Gasteiger partial charge in [-0.05, 0) is 22.9 Å². The Balaban J connectivity index is 2.22. The summed E-state index contributed by atoms with van der Waals surface area (Å²) in [6.07, 6.45) is 1.04. The second-order valence-electron chi connectivity index (χ2n) is 4.48. The van der Waals surface area contributed by atoms with Crippen molar-refractivity contribution in [3.05, 3.63) is 47.5 Å². The second kappa shape index (κ2) is 4.98. The van der Waals surface area contributed by atoms with Crippen molar-refractivity contribution in [3.8, 4) is 5.75 Å². The Morgan fingerprint density at radius 3 is 2.70 bits per heavy atom. The van der Waals surface area contributed by atoms with Gasteiger partial charge in [-0.25, -0.2) is 4.79 Å². The van der Waals surface area contributed by atoms with E-state index in [4.69, 9.17) is 14.2 Å². The number of fused-ring (bicyclic) bond motifs is 3. The highest BCUT2D eigenvalue weighted by molar-refractivity contribution is 6.01. The summed E-state index contributed by atoms with van der Waals surface area (Å²) < 4.78 is 15.7. The van der Waals surface area contributed by atoms with Crippen LogP contribution in [0, 0.1) is 0 Å². The van der Waals surface area contributed by atoms with E-state index in [-0.39, 0.29) is 0 Å². The minimum absolute atomic E-state index is 0.360. The lowest BCUT2D eigenvalue weighted by Gasteiger charge is -2.25. The van der Waals surface area contributed by atoms with Crippen molar-refractivity contribution in [2.45, 2.75) is 6.29 Å². The van der Waals surface area contributed by atoms with Crippen LogP contribution in [0.5, 0.6) is 5.75 Å². The fourth-order valence-electron chi connectivity index (χ4n) is 2.38. The van der Waals surface area contributed by atoms with Crippen molar-refractivity contribution in [3.63, 3.8) is 0 Å². The first kappa shape index (κ1) is 12.7. The van der Waals surface area contributed by atoms with Gasteiger partial charge in [0.25, 0.3) is 0 Å². The molecule has 0 aliphatic carbocycles. The van der Waals surface area contributed by atoms with E-state index in [0.29, 0.717) is 11.3 Å². The van der Waals surface area contributed by atoms with Crippen molar-refractivity contribution in [2.75, 3.05) is 14.2 Å². The number of hydrogen-bond donors (Lipinski definition) is 0. The summed E-state index contributed by atoms with van der Waals surface area (Å²) in [5.41, 5.74) is 1.23. The third-order valence-corrected chi connectivity index (χ3v) is 3.35. The molecule has 1 aliphatic heterocycles. The van der Waals surface area contributed by atoms with E-state index in [1.54, 1.807) is 6.08 Å². The molecule has 0 saturated carbocycles. The van der Waals surface area contributed by atoms with Gasteiger partial charge in [0.2, 0.25) is 6.29 Å². The predicted molar refractivity (Wildman–Crippen MR) is 75.4 cm³/mol. The van der Waals surface area contributed by atoms with E-state index in [2.05, 4.69) is 0 Å². The van der Waals surface area contributed by atoms with Gasteiger partial charge in [-0.15, -0.1) is 0 Å². The number of carbonyl (C=O) groups excluding carboxylic acids is 1. The van der Waals surface area contributed by atoms with Crippen LogP contribution in [0.25, 0.3) is 16.8 Å². The molecule has 0 radical (unpaired) electrons. The van der Waals surface area contributed by atoms with E-state index in [0.717, 1.165) is 16.3 Å². The third kappa shape index (κ3) is 1.94. The number of esters is 1. The Hall–Kier alpha value is -2.33. The van der Waals surface area contributed by atoms with Crippen molar-refractivity contribution >= 4 is 22.8 Å². The summed E-state index contributed by atoms with van der Waals surface area (Å²) in [7, 11) is 2.84. The molecular weight excluding hydrogens is 256 g/mol. The van der Waals surface area contributed by atoms with Crippen LogP contribution in [0.2, 0.25) is 0 Å². The van der Waals surface area contributed by atoms with E-state index in [1.165, 1.54) is 14.2 Å². The van der Waals surface area contributed by atoms with Crippen LogP contribution in [-0.2, 0) is 14.3 Å². The first-order valence-electron chi connectivity index (χ1n) is 6.25. The van der Waals surface area contributed by atoms with Crippen LogP contribution in [0.1, 0.15) is 5.56 Å². The van der Waals surface area contributed by atoms with Crippen molar-refractivity contribution in [1.82, 2.24) is 0 Å². The van der Waals surface area contributed by atoms with Crippen molar-refractivity contribution in [1.29, 1.82) is 0 Å². The predicted octanol–water partition coefficient (Wildman–Crippen LogP) is 2.76. The van der Waals surface area contributed by atoms with E-state index in [1.807, 2.05) is 36.4 Å². The van der Waals surface area contributed by atoms with Crippen molar-refractivity contribution in [2.24, 2.45) is 0 Å². The first-order valence-corrected chi connectivity index (χ1v) is 6.25. The lowest BCUT2D eigenvalue weighted by atomic mass is 9.99. The largest absolute Gasteiger partial charge is 0.465 e. The Kier molecular flexibility index (Phi) is 3.16. The standard InChI is InChI=1S/C16H14O4/c1-18-15(17)13-9-12-11-6-4-3-5-10(11)7-8-14(12)20-16(13)19-2/h3-9,16H,1-2H3. The Morgan fingerprint density at radius 2 is 1.95 bits per heavy atom. The summed E-state index contributed by atoms with van der Waals surface area (Å²) >= 11 is 0. The maximum atomic E-state index is 11.8. The van der Waals surface area contributed by atoms with Crippen LogP contribution in [0.4, 0.5) is 0 Å². The molecule has 4 heteroatoms. The van der Waals surface area contributed by atoms with Gasteiger partial charge in [0.05, 0.1) is 7.11 Å². The monoisotopic (exact) mass is 270 g/mol. The fourth-order valence-corrected chi connectivity index (χ4v) is 2.38. The van der Waals surface area contributed by atoms with E-state index in [9.17, 15) is 4.79 Å². The Morgan fingerprint density at radius 1 is 1.15 bits per heavy atom. The minimum atomic E-state index is -0.740. The summed E-state index contributed by atoms with van der Waals surface area (Å²) in [5.74, 6) is 0.249. The summed E-state index contributed by atoms with van der Waals surface area (Å²) in [6, 6.07) is 11.8. The lowest BCUT2D eigenvalue weighted by Crippen LogP contribution is -2.29. The van der Waals surface area contributed by atoms with Crippen LogP contribution < -0.4 is 4.74 Å². The molecule has 0 fully saturated rings. The molecule has 2 aromatic rings. The molecule has 1 aliphatic rings. The average Bonchev–Trinajstić information content (AvgIpc) is 2.52. The molecule has 1 atom stereocenters. The summed E-state index contributed by atoms with van der Waals surface area (Å²) in [6.45, 7) is 0. The van der Waals surface area contributed by atoms with Gasteiger partial charge < -0.3 is 14.2 Å². The molecule has 2 aromatic carbocycles. The highest BCUT2D eigenvalue weighted by atomic mass is 16.7. The SMILES string of the molecule is COC(=O)C1=Cc2c(ccc3ccccc23)OC1OC. The molecule has 1 heterocycles. The lowest BCUT2D eigenvalue weighted by molar-refractivity contribution is -0.140. The van der Waals surface area contributed by atoms with Crippen LogP contribution >= 0.6 is 0 Å². The molecule has 0 spiro atoms. The molecule has 4 nitrogen and oxygen atoms in total. The highest BCUT2D eigenvalue weighted by Gasteiger charge is 2.29. The third-order valence-electron chi connectivity index (χ3n) is 3.35. The van der Waals surface area contributed by atoms with Crippen LogP contribution in [0.15, 0.2) is 42.0 Å². The normalized spacial score (nSPS) is 17.1. The van der Waals surface area contributed by atoms with Gasteiger partial charge in [0.15, 0.2) is 0 Å². The topological polar surface area (TPSA) is 44.8 Å². The number of benzene rings is 2. The zero-order valence-electron chi connectivity index (χ0n) is 11.3. The molecule has 0 aromatic heterocycles. The van der Waals surface area contributed by atoms with E-state index < -0.39 is 12.3 Å². The Bertz CT molecular complexity index is 703. The molecule has 0 N–H and O–H groups in total. The van der Waals surface area contributed by atoms with E-state index >= 15 is 0 Å². The number of hydrogen-bond acceptors (Lipinski definition) is 4. The van der Waals surface area contributed by atoms with Gasteiger partial charge >= 0.3 is 5.97 Å². The first-order chi connectivity index (χ1) is 9.74. The molecule has 3 rings (SSSR count). The zero-order valence-corrected chi connectivity index (χ0v) is 11.3. The second-order valence-corrected chi connectivity index (χ2v) is 4.48. The maximum absolute atomic E-state index is 11.8. The maximum Gasteiger partial charge on any atom is 0.340 e. The molecule has 1 unspecified atom stereocenters. The van der Waals surface area contributed by atoms with Gasteiger partial charge in [-0.1, -0.05) is 30.3 Å². The average molecular weight is 270 g/mol. The van der Waals surface area contributed by atoms with Gasteiger partial charge in [-0.3, -0.25) is 0 Å². The fraction of sp³-hybridized carbons (Fsp3) is 0.188. The van der Waals surface area contributed by atoms with Crippen LogP contribution in [0.3, 0.4) is 0 Å². The summed E-state index contributed by atoms with van der Waals surface area (Å²) in [4.78, 5) is 11.8. The number of ether oxygens (including phenoxy) is 3. The van der Waals surface area contributed by atoms with Crippen molar-refractivity contribution < 1.29 is 19.0 Å². The van der Waals surface area contributed by atoms with Gasteiger partial charge in [0, 0.05) is 12.7 Å². The number of rotatable bonds is 2. The highest BCUT2D eigenvalue weighted by Crippen LogP contribution is 2.35. The Labute approximate surface area is 116 Å². The number of methoxy groups -OCH3 is 2. The van der Waals surface area contributed by atoms with Gasteiger partial charge in [-0.2, -0.15) is 0 Å². The van der Waals surface area contributed by atoms with Crippen LogP contribution in [-0.4, -0.2) is 26.5 Å².